The summed E-state index contributed by atoms with van der Waals surface area (Å²) in [6, 6.07) is 6.25. The topological polar surface area (TPSA) is 86.6 Å². The normalized spacial score (nSPS) is 29.9. The molecule has 40 heavy (non-hydrogen) atoms. The zero-order chi connectivity index (χ0) is 27.0. The number of fused-ring (bicyclic) bond motifs is 4. The first-order valence-corrected chi connectivity index (χ1v) is 15.1. The summed E-state index contributed by atoms with van der Waals surface area (Å²) in [4.78, 5) is 19.3. The zero-order valence-corrected chi connectivity index (χ0v) is 23.2. The van der Waals surface area contributed by atoms with Crippen LogP contribution in [0.4, 0.5) is 10.1 Å². The minimum atomic E-state index is -0.801. The van der Waals surface area contributed by atoms with E-state index in [-0.39, 0.29) is 11.3 Å². The van der Waals surface area contributed by atoms with E-state index in [9.17, 15) is 9.50 Å². The predicted octanol–water partition coefficient (Wildman–Crippen LogP) is 4.82. The van der Waals surface area contributed by atoms with Gasteiger partial charge in [-0.15, -0.1) is 0 Å². The molecule has 0 amide bonds. The lowest BCUT2D eigenvalue weighted by Crippen LogP contribution is -2.51. The van der Waals surface area contributed by atoms with Crippen molar-refractivity contribution in [3.8, 4) is 23.0 Å². The number of ether oxygens (including phenoxy) is 1. The number of nitrogens with zero attached hydrogens (tertiary/aromatic N) is 5. The van der Waals surface area contributed by atoms with Gasteiger partial charge in [0.15, 0.2) is 11.5 Å². The molecule has 2 aromatic heterocycles. The number of aromatic nitrogens is 3. The molecule has 0 spiro atoms. The van der Waals surface area contributed by atoms with Gasteiger partial charge in [-0.3, -0.25) is 4.90 Å². The molecule has 2 N–H and O–H groups in total. The maximum Gasteiger partial charge on any atom is 0.217 e. The molecule has 5 aliphatic rings. The number of alkyl halides is 1. The van der Waals surface area contributed by atoms with Crippen LogP contribution in [0.1, 0.15) is 56.4 Å². The van der Waals surface area contributed by atoms with Crippen LogP contribution in [0.5, 0.6) is 11.6 Å². The van der Waals surface area contributed by atoms with Crippen molar-refractivity contribution < 1.29 is 14.2 Å². The molecule has 1 aromatic carbocycles. The summed E-state index contributed by atoms with van der Waals surface area (Å²) in [7, 11) is 0. The standard InChI is InChI=1S/C30H34ClFN6O2/c31-24-9-21(39)8-22(27(24)17-2-3-17)28-33-12-23-25(37-14-19-4-5-20(15-37)34-19)10-26(35-29(23)36-28)40-16-30-6-1-7-38(30)13-18(32)11-30/h8-10,12,17-20,34,39H,1-7,11,13-16H2/t18-,19?,20?,30+/m1/s1. The van der Waals surface area contributed by atoms with E-state index in [0.29, 0.717) is 59.9 Å². The highest BCUT2D eigenvalue weighted by Crippen LogP contribution is 2.48. The van der Waals surface area contributed by atoms with Crippen LogP contribution >= 0.6 is 11.6 Å². The average molecular weight is 565 g/mol. The van der Waals surface area contributed by atoms with Gasteiger partial charge in [0.25, 0.3) is 0 Å². The van der Waals surface area contributed by atoms with Crippen LogP contribution in [0, 0.1) is 0 Å². The molecular weight excluding hydrogens is 531 g/mol. The van der Waals surface area contributed by atoms with E-state index in [1.54, 1.807) is 12.1 Å². The Morgan fingerprint density at radius 1 is 1.10 bits per heavy atom. The number of nitrogens with one attached hydrogen (secondary N) is 1. The summed E-state index contributed by atoms with van der Waals surface area (Å²) in [5, 5.41) is 15.5. The highest BCUT2D eigenvalue weighted by Gasteiger charge is 2.49. The van der Waals surface area contributed by atoms with Gasteiger partial charge < -0.3 is 20.1 Å². The zero-order valence-electron chi connectivity index (χ0n) is 22.5. The van der Waals surface area contributed by atoms with Gasteiger partial charge in [-0.2, -0.15) is 4.98 Å². The Labute approximate surface area is 237 Å². The van der Waals surface area contributed by atoms with Gasteiger partial charge in [0.1, 0.15) is 18.5 Å². The maximum atomic E-state index is 14.4. The van der Waals surface area contributed by atoms with E-state index in [4.69, 9.17) is 31.3 Å². The number of rotatable bonds is 6. The Bertz CT molecular complexity index is 1470. The third kappa shape index (κ3) is 4.28. The molecule has 4 atom stereocenters. The molecule has 2 unspecified atom stereocenters. The van der Waals surface area contributed by atoms with Crippen molar-refractivity contribution >= 4 is 28.3 Å². The summed E-state index contributed by atoms with van der Waals surface area (Å²) in [6.45, 7) is 3.66. The second-order valence-corrected chi connectivity index (χ2v) is 12.9. The summed E-state index contributed by atoms with van der Waals surface area (Å²) < 4.78 is 20.8. The molecule has 5 fully saturated rings. The monoisotopic (exact) mass is 564 g/mol. The van der Waals surface area contributed by atoms with Crippen LogP contribution in [0.15, 0.2) is 24.4 Å². The molecule has 3 aromatic rings. The van der Waals surface area contributed by atoms with Gasteiger partial charge in [-0.1, -0.05) is 11.6 Å². The quantitative estimate of drug-likeness (QED) is 0.440. The molecule has 2 bridgehead atoms. The lowest BCUT2D eigenvalue weighted by molar-refractivity contribution is 0.111. The second kappa shape index (κ2) is 9.39. The van der Waals surface area contributed by atoms with Crippen molar-refractivity contribution in [3.63, 3.8) is 0 Å². The second-order valence-electron chi connectivity index (χ2n) is 12.5. The van der Waals surface area contributed by atoms with Crippen LogP contribution in [0.25, 0.3) is 22.4 Å². The highest BCUT2D eigenvalue weighted by atomic mass is 35.5. The first-order valence-electron chi connectivity index (χ1n) is 14.7. The Kier molecular flexibility index (Phi) is 5.87. The van der Waals surface area contributed by atoms with Gasteiger partial charge in [-0.25, -0.2) is 14.4 Å². The third-order valence-electron chi connectivity index (χ3n) is 9.67. The van der Waals surface area contributed by atoms with E-state index >= 15 is 0 Å². The number of phenols is 1. The van der Waals surface area contributed by atoms with Gasteiger partial charge in [0, 0.05) is 61.0 Å². The van der Waals surface area contributed by atoms with Crippen molar-refractivity contribution in [2.24, 2.45) is 0 Å². The van der Waals surface area contributed by atoms with Crippen LogP contribution in [-0.2, 0) is 0 Å². The number of phenolic OH excluding ortho intramolecular Hbond substituents is 1. The van der Waals surface area contributed by atoms with Gasteiger partial charge in [0.2, 0.25) is 5.88 Å². The van der Waals surface area contributed by atoms with E-state index in [2.05, 4.69) is 15.1 Å². The fourth-order valence-corrected chi connectivity index (χ4v) is 8.03. The minimum absolute atomic E-state index is 0.0956. The number of hydrogen-bond acceptors (Lipinski definition) is 8. The molecular formula is C30H34ClFN6O2. The number of pyridine rings is 1. The number of piperazine rings is 1. The SMILES string of the molecule is Oc1cc(Cl)c(C2CC2)c(-c2ncc3c(N4CC5CCC(C4)N5)cc(OC[C@@]45CCCN4C[C@H](F)C5)nc3n2)c1. The largest absolute Gasteiger partial charge is 0.508 e. The van der Waals surface area contributed by atoms with Crippen LogP contribution < -0.4 is 15.0 Å². The Morgan fingerprint density at radius 2 is 1.93 bits per heavy atom. The van der Waals surface area contributed by atoms with Crippen LogP contribution in [0.2, 0.25) is 5.02 Å². The fraction of sp³-hybridized carbons (Fsp3) is 0.567. The molecule has 1 saturated carbocycles. The lowest BCUT2D eigenvalue weighted by atomic mass is 9.95. The predicted molar refractivity (Wildman–Crippen MR) is 152 cm³/mol. The fourth-order valence-electron chi connectivity index (χ4n) is 7.66. The van der Waals surface area contributed by atoms with Crippen molar-refractivity contribution in [3.05, 3.63) is 35.0 Å². The third-order valence-corrected chi connectivity index (χ3v) is 9.98. The minimum Gasteiger partial charge on any atom is -0.508 e. The van der Waals surface area contributed by atoms with Gasteiger partial charge in [0.05, 0.1) is 16.6 Å². The molecule has 8 rings (SSSR count). The smallest absolute Gasteiger partial charge is 0.217 e. The van der Waals surface area contributed by atoms with E-state index in [0.717, 1.165) is 67.5 Å². The van der Waals surface area contributed by atoms with E-state index in [1.807, 2.05) is 12.3 Å². The average Bonchev–Trinajstić information content (AvgIpc) is 3.51. The first kappa shape index (κ1) is 25.0. The Morgan fingerprint density at radius 3 is 2.73 bits per heavy atom. The summed E-state index contributed by atoms with van der Waals surface area (Å²) in [5.74, 6) is 1.47. The van der Waals surface area contributed by atoms with E-state index in [1.165, 1.54) is 12.8 Å². The molecule has 0 radical (unpaired) electrons. The maximum absolute atomic E-state index is 14.4. The first-order chi connectivity index (χ1) is 19.4. The van der Waals surface area contributed by atoms with Crippen molar-refractivity contribution in [2.45, 2.75) is 74.7 Å². The number of halogens is 2. The van der Waals surface area contributed by atoms with Crippen molar-refractivity contribution in [1.82, 2.24) is 25.2 Å². The molecule has 4 aliphatic heterocycles. The number of anilines is 1. The Hall–Kier alpha value is -2.75. The van der Waals surface area contributed by atoms with Crippen LogP contribution in [-0.4, -0.2) is 81.5 Å². The molecule has 210 valence electrons. The molecule has 10 heteroatoms. The Balaban J connectivity index is 1.20. The van der Waals surface area contributed by atoms with Crippen molar-refractivity contribution in [2.75, 3.05) is 37.7 Å². The van der Waals surface area contributed by atoms with Gasteiger partial charge >= 0.3 is 0 Å². The number of aromatic hydroxyl groups is 1. The molecule has 8 nitrogen and oxygen atoms in total. The summed E-state index contributed by atoms with van der Waals surface area (Å²) >= 11 is 6.59. The van der Waals surface area contributed by atoms with Gasteiger partial charge in [-0.05, 0) is 68.7 Å². The lowest BCUT2D eigenvalue weighted by Gasteiger charge is -2.35. The van der Waals surface area contributed by atoms with Crippen LogP contribution in [0.3, 0.4) is 0 Å². The molecule has 1 aliphatic carbocycles. The van der Waals surface area contributed by atoms with E-state index < -0.39 is 6.17 Å². The summed E-state index contributed by atoms with van der Waals surface area (Å²) in [5.41, 5.74) is 3.08. The highest BCUT2D eigenvalue weighted by molar-refractivity contribution is 6.32. The molecule has 4 saturated heterocycles. The number of hydrogen-bond donors (Lipinski definition) is 2. The molecule has 6 heterocycles. The summed E-state index contributed by atoms with van der Waals surface area (Å²) in [6.07, 6.45) is 8.08. The number of benzene rings is 1. The van der Waals surface area contributed by atoms with Crippen molar-refractivity contribution in [1.29, 1.82) is 0 Å².